The maximum Gasteiger partial charge on any atom is 0.255 e. The summed E-state index contributed by atoms with van der Waals surface area (Å²) in [5.74, 6) is 0.423. The van der Waals surface area contributed by atoms with E-state index in [1.807, 2.05) is 85.5 Å². The van der Waals surface area contributed by atoms with E-state index < -0.39 is 0 Å². The van der Waals surface area contributed by atoms with Crippen molar-refractivity contribution in [3.63, 3.8) is 0 Å². The van der Waals surface area contributed by atoms with Gasteiger partial charge in [-0.2, -0.15) is 0 Å². The molecule has 0 radical (unpaired) electrons. The van der Waals surface area contributed by atoms with Crippen LogP contribution in [0.2, 0.25) is 5.02 Å². The summed E-state index contributed by atoms with van der Waals surface area (Å²) in [6.45, 7) is 4.49. The number of para-hydroxylation sites is 1. The van der Waals surface area contributed by atoms with Gasteiger partial charge in [0.05, 0.1) is 5.75 Å². The third-order valence-electron chi connectivity index (χ3n) is 5.41. The van der Waals surface area contributed by atoms with E-state index in [0.717, 1.165) is 27.9 Å². The number of halogens is 1. The third kappa shape index (κ3) is 4.78. The summed E-state index contributed by atoms with van der Waals surface area (Å²) in [5.41, 5.74) is 5.54. The van der Waals surface area contributed by atoms with Gasteiger partial charge in [-0.1, -0.05) is 54.1 Å². The highest BCUT2D eigenvalue weighted by molar-refractivity contribution is 8.00. The summed E-state index contributed by atoms with van der Waals surface area (Å²) in [7, 11) is 0. The highest BCUT2D eigenvalue weighted by Gasteiger charge is 2.32. The molecule has 1 aliphatic heterocycles. The van der Waals surface area contributed by atoms with Crippen molar-refractivity contribution in [3.8, 4) is 0 Å². The minimum atomic E-state index is -0.142. The molecule has 1 aliphatic rings. The first kappa shape index (κ1) is 21.5. The fraction of sp³-hybridized carbons (Fsp3) is 0.200. The first-order chi connectivity index (χ1) is 14.9. The Labute approximate surface area is 191 Å². The highest BCUT2D eigenvalue weighted by atomic mass is 35.5. The van der Waals surface area contributed by atoms with E-state index in [-0.39, 0.29) is 17.2 Å². The molecule has 3 aromatic rings. The second-order valence-electron chi connectivity index (χ2n) is 7.65. The van der Waals surface area contributed by atoms with E-state index in [1.165, 1.54) is 0 Å². The summed E-state index contributed by atoms with van der Waals surface area (Å²) in [5, 5.41) is 3.62. The Morgan fingerprint density at radius 2 is 1.68 bits per heavy atom. The van der Waals surface area contributed by atoms with Gasteiger partial charge in [0.2, 0.25) is 5.91 Å². The van der Waals surface area contributed by atoms with Crippen LogP contribution in [-0.2, 0) is 11.3 Å². The quantitative estimate of drug-likeness (QED) is 0.519. The van der Waals surface area contributed by atoms with Gasteiger partial charge in [0.25, 0.3) is 5.91 Å². The molecule has 1 fully saturated rings. The van der Waals surface area contributed by atoms with E-state index in [2.05, 4.69) is 5.32 Å². The van der Waals surface area contributed by atoms with Crippen LogP contribution in [0.1, 0.15) is 38.0 Å². The lowest BCUT2D eigenvalue weighted by molar-refractivity contribution is -0.128. The van der Waals surface area contributed by atoms with Gasteiger partial charge in [0.15, 0.2) is 0 Å². The molecule has 1 N–H and O–H groups in total. The largest absolute Gasteiger partial charge is 0.322 e. The molecule has 3 aromatic carbocycles. The average molecular weight is 451 g/mol. The molecule has 0 unspecified atom stereocenters. The number of amides is 2. The van der Waals surface area contributed by atoms with Crippen LogP contribution >= 0.6 is 23.4 Å². The number of thioether (sulfide) groups is 1. The SMILES string of the molecule is Cc1cccc(C)c1NC(=O)c1ccc([C@H]2SCC(=O)N2Cc2ccc(Cl)cc2)cc1. The first-order valence-corrected chi connectivity index (χ1v) is 11.5. The summed E-state index contributed by atoms with van der Waals surface area (Å²) >= 11 is 7.58. The molecule has 6 heteroatoms. The zero-order valence-corrected chi connectivity index (χ0v) is 19.0. The second-order valence-corrected chi connectivity index (χ2v) is 9.16. The maximum atomic E-state index is 12.7. The normalized spacial score (nSPS) is 15.9. The Hall–Kier alpha value is -2.76. The van der Waals surface area contributed by atoms with Gasteiger partial charge >= 0.3 is 0 Å². The van der Waals surface area contributed by atoms with Crippen LogP contribution in [0.3, 0.4) is 0 Å². The minimum absolute atomic E-state index is 0.0705. The zero-order valence-electron chi connectivity index (χ0n) is 17.4. The number of rotatable bonds is 5. The van der Waals surface area contributed by atoms with Gasteiger partial charge in [0.1, 0.15) is 5.37 Å². The number of hydrogen-bond donors (Lipinski definition) is 1. The Balaban J connectivity index is 1.49. The van der Waals surface area contributed by atoms with Crippen molar-refractivity contribution in [2.24, 2.45) is 0 Å². The van der Waals surface area contributed by atoms with Gasteiger partial charge in [-0.05, 0) is 60.4 Å². The third-order valence-corrected chi connectivity index (χ3v) is 6.92. The number of hydrogen-bond acceptors (Lipinski definition) is 3. The molecule has 0 aromatic heterocycles. The van der Waals surface area contributed by atoms with Crippen molar-refractivity contribution in [1.82, 2.24) is 4.90 Å². The Bertz CT molecular complexity index is 1090. The average Bonchev–Trinajstić information content (AvgIpc) is 3.12. The summed E-state index contributed by atoms with van der Waals surface area (Å²) in [4.78, 5) is 27.1. The fourth-order valence-electron chi connectivity index (χ4n) is 3.68. The summed E-state index contributed by atoms with van der Waals surface area (Å²) in [6, 6.07) is 21.0. The lowest BCUT2D eigenvalue weighted by Crippen LogP contribution is -2.27. The number of anilines is 1. The van der Waals surface area contributed by atoms with Crippen LogP contribution in [0.4, 0.5) is 5.69 Å². The van der Waals surface area contributed by atoms with Gasteiger partial charge in [0, 0.05) is 22.8 Å². The number of aryl methyl sites for hydroxylation is 2. The predicted molar refractivity (Wildman–Crippen MR) is 128 cm³/mol. The maximum absolute atomic E-state index is 12.7. The molecule has 2 amide bonds. The van der Waals surface area contributed by atoms with E-state index in [1.54, 1.807) is 11.8 Å². The van der Waals surface area contributed by atoms with Crippen LogP contribution in [0.25, 0.3) is 0 Å². The fourth-order valence-corrected chi connectivity index (χ4v) is 5.00. The first-order valence-electron chi connectivity index (χ1n) is 10.1. The van der Waals surface area contributed by atoms with E-state index in [4.69, 9.17) is 11.6 Å². The number of nitrogens with zero attached hydrogens (tertiary/aromatic N) is 1. The van der Waals surface area contributed by atoms with Gasteiger partial charge in [-0.15, -0.1) is 11.8 Å². The Morgan fingerprint density at radius 3 is 2.32 bits per heavy atom. The molecule has 0 saturated carbocycles. The lowest BCUT2D eigenvalue weighted by atomic mass is 10.1. The van der Waals surface area contributed by atoms with Crippen LogP contribution in [-0.4, -0.2) is 22.5 Å². The van der Waals surface area contributed by atoms with Crippen LogP contribution in [0.5, 0.6) is 0 Å². The van der Waals surface area contributed by atoms with Crippen LogP contribution in [0.15, 0.2) is 66.7 Å². The van der Waals surface area contributed by atoms with Gasteiger partial charge < -0.3 is 10.2 Å². The van der Waals surface area contributed by atoms with Crippen molar-refractivity contribution in [2.75, 3.05) is 11.1 Å². The molecule has 0 spiro atoms. The molecule has 31 heavy (non-hydrogen) atoms. The van der Waals surface area contributed by atoms with E-state index in [0.29, 0.717) is 22.9 Å². The number of carbonyl (C=O) groups excluding carboxylic acids is 2. The minimum Gasteiger partial charge on any atom is -0.322 e. The standard InChI is InChI=1S/C25H23ClN2O2S/c1-16-4-3-5-17(2)23(16)27-24(30)19-8-10-20(11-9-19)25-28(22(29)15-31-25)14-18-6-12-21(26)13-7-18/h3-13,25H,14-15H2,1-2H3,(H,27,30)/t25-/m1/s1. The molecule has 4 rings (SSSR count). The second kappa shape index (κ2) is 9.16. The molecule has 158 valence electrons. The van der Waals surface area contributed by atoms with E-state index in [9.17, 15) is 9.59 Å². The van der Waals surface area contributed by atoms with Crippen molar-refractivity contribution in [2.45, 2.75) is 25.8 Å². The summed E-state index contributed by atoms with van der Waals surface area (Å²) in [6.07, 6.45) is 0. The smallest absolute Gasteiger partial charge is 0.255 e. The Kier molecular flexibility index (Phi) is 6.35. The number of benzene rings is 3. The molecule has 0 bridgehead atoms. The molecular formula is C25H23ClN2O2S. The number of nitrogens with one attached hydrogen (secondary N) is 1. The van der Waals surface area contributed by atoms with Gasteiger partial charge in [-0.3, -0.25) is 9.59 Å². The molecule has 4 nitrogen and oxygen atoms in total. The Morgan fingerprint density at radius 1 is 1.03 bits per heavy atom. The van der Waals surface area contributed by atoms with Crippen molar-refractivity contribution < 1.29 is 9.59 Å². The predicted octanol–water partition coefficient (Wildman–Crippen LogP) is 5.98. The molecule has 1 saturated heterocycles. The van der Waals surface area contributed by atoms with Gasteiger partial charge in [-0.25, -0.2) is 0 Å². The van der Waals surface area contributed by atoms with Crippen molar-refractivity contribution >= 4 is 40.9 Å². The highest BCUT2D eigenvalue weighted by Crippen LogP contribution is 2.39. The van der Waals surface area contributed by atoms with Crippen LogP contribution in [0, 0.1) is 13.8 Å². The van der Waals surface area contributed by atoms with Crippen LogP contribution < -0.4 is 5.32 Å². The molecular weight excluding hydrogens is 428 g/mol. The van der Waals surface area contributed by atoms with E-state index >= 15 is 0 Å². The number of carbonyl (C=O) groups is 2. The molecule has 1 heterocycles. The zero-order chi connectivity index (χ0) is 22.0. The monoisotopic (exact) mass is 450 g/mol. The molecule has 0 aliphatic carbocycles. The topological polar surface area (TPSA) is 49.4 Å². The van der Waals surface area contributed by atoms with Crippen molar-refractivity contribution in [3.05, 3.63) is 99.6 Å². The van der Waals surface area contributed by atoms with Crippen molar-refractivity contribution in [1.29, 1.82) is 0 Å². The summed E-state index contributed by atoms with van der Waals surface area (Å²) < 4.78 is 0. The lowest BCUT2D eigenvalue weighted by Gasteiger charge is -2.24. The molecule has 1 atom stereocenters.